The average Bonchev–Trinajstić information content (AvgIpc) is 2.35. The van der Waals surface area contributed by atoms with Crippen LogP contribution in [0.2, 0.25) is 5.02 Å². The third-order valence-corrected chi connectivity index (χ3v) is 2.50. The number of amides is 1. The Balaban J connectivity index is 2.27. The van der Waals surface area contributed by atoms with Gasteiger partial charge in [0.1, 0.15) is 0 Å². The van der Waals surface area contributed by atoms with Gasteiger partial charge in [-0.05, 0) is 24.3 Å². The van der Waals surface area contributed by atoms with Gasteiger partial charge in [-0.3, -0.25) is 4.79 Å². The Morgan fingerprint density at radius 3 is 2.72 bits per heavy atom. The van der Waals surface area contributed by atoms with Crippen molar-refractivity contribution < 1.29 is 13.6 Å². The van der Waals surface area contributed by atoms with Crippen LogP contribution < -0.4 is 5.32 Å². The predicted molar refractivity (Wildman–Crippen MR) is 63.6 cm³/mol. The summed E-state index contributed by atoms with van der Waals surface area (Å²) < 4.78 is 26.8. The van der Waals surface area contributed by atoms with Crippen molar-refractivity contribution in [2.75, 3.05) is 5.32 Å². The molecule has 0 unspecified atom stereocenters. The summed E-state index contributed by atoms with van der Waals surface area (Å²) in [5.41, 5.74) is -0.382. The molecule has 1 aromatic heterocycles. The maximum atomic E-state index is 13.5. The highest BCUT2D eigenvalue weighted by Gasteiger charge is 2.14. The highest BCUT2D eigenvalue weighted by Crippen LogP contribution is 2.22. The van der Waals surface area contributed by atoms with E-state index in [2.05, 4.69) is 10.3 Å². The summed E-state index contributed by atoms with van der Waals surface area (Å²) in [7, 11) is 0. The standard InChI is InChI=1S/C12H7ClF2N2O/c13-8-4-1-5-9(10(8)14)17-12(18)7-3-2-6-16-11(7)15/h1-6H,(H,17,18). The molecule has 0 fully saturated rings. The lowest BCUT2D eigenvalue weighted by atomic mass is 10.2. The van der Waals surface area contributed by atoms with E-state index in [1.54, 1.807) is 0 Å². The number of nitrogens with zero attached hydrogens (tertiary/aromatic N) is 1. The quantitative estimate of drug-likeness (QED) is 0.850. The number of nitrogens with one attached hydrogen (secondary N) is 1. The zero-order chi connectivity index (χ0) is 13.1. The largest absolute Gasteiger partial charge is 0.319 e. The molecule has 0 spiro atoms. The molecule has 0 saturated carbocycles. The van der Waals surface area contributed by atoms with Crippen molar-refractivity contribution in [3.05, 3.63) is 58.9 Å². The van der Waals surface area contributed by atoms with E-state index in [4.69, 9.17) is 11.6 Å². The second-order valence-electron chi connectivity index (χ2n) is 3.40. The molecule has 1 amide bonds. The van der Waals surface area contributed by atoms with Crippen molar-refractivity contribution >= 4 is 23.2 Å². The van der Waals surface area contributed by atoms with Crippen LogP contribution in [0.5, 0.6) is 0 Å². The molecule has 2 aromatic rings. The Bertz CT molecular complexity index is 604. The van der Waals surface area contributed by atoms with Crippen LogP contribution >= 0.6 is 11.6 Å². The van der Waals surface area contributed by atoms with Gasteiger partial charge in [0.05, 0.1) is 16.3 Å². The first-order valence-electron chi connectivity index (χ1n) is 4.95. The van der Waals surface area contributed by atoms with Gasteiger partial charge in [0.25, 0.3) is 5.91 Å². The van der Waals surface area contributed by atoms with E-state index in [9.17, 15) is 13.6 Å². The van der Waals surface area contributed by atoms with Gasteiger partial charge in [-0.1, -0.05) is 17.7 Å². The van der Waals surface area contributed by atoms with E-state index in [0.29, 0.717) is 0 Å². The number of benzene rings is 1. The first-order valence-corrected chi connectivity index (χ1v) is 5.33. The van der Waals surface area contributed by atoms with E-state index in [1.807, 2.05) is 0 Å². The van der Waals surface area contributed by atoms with Crippen molar-refractivity contribution in [3.63, 3.8) is 0 Å². The van der Waals surface area contributed by atoms with Crippen LogP contribution in [0.25, 0.3) is 0 Å². The number of rotatable bonds is 2. The molecule has 0 atom stereocenters. The number of halogens is 3. The highest BCUT2D eigenvalue weighted by atomic mass is 35.5. The molecule has 1 heterocycles. The van der Waals surface area contributed by atoms with Crippen LogP contribution in [0, 0.1) is 11.8 Å². The Morgan fingerprint density at radius 2 is 2.00 bits per heavy atom. The van der Waals surface area contributed by atoms with Gasteiger partial charge in [-0.25, -0.2) is 9.37 Å². The lowest BCUT2D eigenvalue weighted by Gasteiger charge is -2.07. The van der Waals surface area contributed by atoms with Gasteiger partial charge in [-0.2, -0.15) is 4.39 Å². The molecule has 0 saturated heterocycles. The minimum absolute atomic E-state index is 0.115. The van der Waals surface area contributed by atoms with Crippen molar-refractivity contribution in [1.29, 1.82) is 0 Å². The molecular formula is C12H7ClF2N2O. The van der Waals surface area contributed by atoms with Crippen molar-refractivity contribution in [2.24, 2.45) is 0 Å². The number of anilines is 1. The van der Waals surface area contributed by atoms with Gasteiger partial charge in [0.2, 0.25) is 5.95 Å². The molecule has 0 aliphatic rings. The van der Waals surface area contributed by atoms with Crippen LogP contribution in [0.4, 0.5) is 14.5 Å². The first kappa shape index (κ1) is 12.4. The van der Waals surface area contributed by atoms with Crippen LogP contribution in [0.15, 0.2) is 36.5 Å². The van der Waals surface area contributed by atoms with E-state index in [1.165, 1.54) is 36.5 Å². The molecule has 0 aliphatic carbocycles. The minimum Gasteiger partial charge on any atom is -0.319 e. The average molecular weight is 269 g/mol. The van der Waals surface area contributed by atoms with Gasteiger partial charge < -0.3 is 5.32 Å². The van der Waals surface area contributed by atoms with E-state index < -0.39 is 17.7 Å². The second kappa shape index (κ2) is 5.10. The second-order valence-corrected chi connectivity index (χ2v) is 3.80. The predicted octanol–water partition coefficient (Wildman–Crippen LogP) is 3.27. The summed E-state index contributed by atoms with van der Waals surface area (Å²) in [4.78, 5) is 15.0. The van der Waals surface area contributed by atoms with Gasteiger partial charge in [0, 0.05) is 6.20 Å². The summed E-state index contributed by atoms with van der Waals surface area (Å²) in [6, 6.07) is 6.80. The molecule has 18 heavy (non-hydrogen) atoms. The molecule has 1 aromatic carbocycles. The Morgan fingerprint density at radius 1 is 1.22 bits per heavy atom. The molecule has 0 aliphatic heterocycles. The lowest BCUT2D eigenvalue weighted by molar-refractivity contribution is 0.102. The zero-order valence-electron chi connectivity index (χ0n) is 8.95. The molecule has 3 nitrogen and oxygen atoms in total. The number of carbonyl (C=O) groups excluding carboxylic acids is 1. The number of aromatic nitrogens is 1. The molecular weight excluding hydrogens is 262 g/mol. The number of pyridine rings is 1. The Labute approximate surface area is 106 Å². The summed E-state index contributed by atoms with van der Waals surface area (Å²) >= 11 is 5.56. The number of hydrogen-bond acceptors (Lipinski definition) is 2. The maximum absolute atomic E-state index is 13.5. The van der Waals surface area contributed by atoms with E-state index in [0.717, 1.165) is 0 Å². The minimum atomic E-state index is -0.919. The number of hydrogen-bond donors (Lipinski definition) is 1. The van der Waals surface area contributed by atoms with Crippen LogP contribution in [-0.2, 0) is 0 Å². The van der Waals surface area contributed by atoms with Gasteiger partial charge in [-0.15, -0.1) is 0 Å². The molecule has 0 radical (unpaired) electrons. The SMILES string of the molecule is O=C(Nc1cccc(Cl)c1F)c1cccnc1F. The Hall–Kier alpha value is -2.01. The zero-order valence-corrected chi connectivity index (χ0v) is 9.71. The Kier molecular flexibility index (Phi) is 3.53. The third kappa shape index (κ3) is 2.46. The summed E-state index contributed by atoms with van der Waals surface area (Å²) in [6.45, 7) is 0. The van der Waals surface area contributed by atoms with Crippen LogP contribution in [0.3, 0.4) is 0 Å². The van der Waals surface area contributed by atoms with E-state index in [-0.39, 0.29) is 16.3 Å². The summed E-state index contributed by atoms with van der Waals surface area (Å²) in [6.07, 6.45) is 1.21. The summed E-state index contributed by atoms with van der Waals surface area (Å²) in [5, 5.41) is 2.10. The third-order valence-electron chi connectivity index (χ3n) is 2.20. The monoisotopic (exact) mass is 268 g/mol. The van der Waals surface area contributed by atoms with Crippen molar-refractivity contribution in [3.8, 4) is 0 Å². The molecule has 0 bridgehead atoms. The van der Waals surface area contributed by atoms with Crippen molar-refractivity contribution in [2.45, 2.75) is 0 Å². The van der Waals surface area contributed by atoms with Crippen LogP contribution in [-0.4, -0.2) is 10.9 Å². The van der Waals surface area contributed by atoms with E-state index >= 15 is 0 Å². The fourth-order valence-corrected chi connectivity index (χ4v) is 1.52. The summed E-state index contributed by atoms with van der Waals surface area (Å²) in [5.74, 6) is -2.48. The fraction of sp³-hybridized carbons (Fsp3) is 0. The normalized spacial score (nSPS) is 10.2. The van der Waals surface area contributed by atoms with Gasteiger partial charge >= 0.3 is 0 Å². The maximum Gasteiger partial charge on any atom is 0.260 e. The molecule has 1 N–H and O–H groups in total. The topological polar surface area (TPSA) is 42.0 Å². The lowest BCUT2D eigenvalue weighted by Crippen LogP contribution is -2.15. The van der Waals surface area contributed by atoms with Crippen molar-refractivity contribution in [1.82, 2.24) is 4.98 Å². The molecule has 92 valence electrons. The smallest absolute Gasteiger partial charge is 0.260 e. The van der Waals surface area contributed by atoms with Crippen LogP contribution in [0.1, 0.15) is 10.4 Å². The number of carbonyl (C=O) groups is 1. The molecule has 2 rings (SSSR count). The molecule has 6 heteroatoms. The van der Waals surface area contributed by atoms with Gasteiger partial charge in [0.15, 0.2) is 5.82 Å². The first-order chi connectivity index (χ1) is 8.59. The highest BCUT2D eigenvalue weighted by molar-refractivity contribution is 6.31. The fourth-order valence-electron chi connectivity index (χ4n) is 1.35.